The van der Waals surface area contributed by atoms with Crippen LogP contribution < -0.4 is 5.32 Å². The molecule has 1 atom stereocenters. The van der Waals surface area contributed by atoms with E-state index >= 15 is 0 Å². The molecule has 0 saturated heterocycles. The number of aromatic nitrogens is 1. The molecule has 1 aliphatic carbocycles. The molecule has 0 bridgehead atoms. The van der Waals surface area contributed by atoms with Crippen LogP contribution in [0.25, 0.3) is 9.88 Å². The van der Waals surface area contributed by atoms with Crippen LogP contribution in [-0.4, -0.2) is 12.0 Å². The van der Waals surface area contributed by atoms with Gasteiger partial charge in [0, 0.05) is 15.8 Å². The van der Waals surface area contributed by atoms with E-state index in [1.165, 1.54) is 31.8 Å². The summed E-state index contributed by atoms with van der Waals surface area (Å²) < 4.78 is 0. The second kappa shape index (κ2) is 5.24. The standard InChI is InChI=1S/C16H22N2S2/c1-5-10-6-7-13(19-10)15-18-12-9-16(2,3)8-11(17-4)14(12)20-15/h6-7,11,17H,5,8-9H2,1-4H3. The summed E-state index contributed by atoms with van der Waals surface area (Å²) in [6.07, 6.45) is 3.41. The third-order valence-corrected chi connectivity index (χ3v) is 6.63. The molecule has 0 fully saturated rings. The van der Waals surface area contributed by atoms with Crippen molar-refractivity contribution < 1.29 is 0 Å². The zero-order chi connectivity index (χ0) is 14.3. The van der Waals surface area contributed by atoms with Crippen molar-refractivity contribution >= 4 is 22.7 Å². The van der Waals surface area contributed by atoms with Crippen LogP contribution in [0.2, 0.25) is 0 Å². The molecule has 0 aliphatic heterocycles. The van der Waals surface area contributed by atoms with E-state index in [0.29, 0.717) is 11.5 Å². The first-order chi connectivity index (χ1) is 9.52. The van der Waals surface area contributed by atoms with Gasteiger partial charge in [-0.25, -0.2) is 4.98 Å². The van der Waals surface area contributed by atoms with Crippen molar-refractivity contribution in [1.82, 2.24) is 10.3 Å². The Balaban J connectivity index is 1.99. The maximum Gasteiger partial charge on any atom is 0.133 e. The lowest BCUT2D eigenvalue weighted by Crippen LogP contribution is -2.30. The van der Waals surface area contributed by atoms with Gasteiger partial charge in [0.25, 0.3) is 0 Å². The normalized spacial score (nSPS) is 20.9. The molecule has 0 saturated carbocycles. The van der Waals surface area contributed by atoms with Gasteiger partial charge in [-0.15, -0.1) is 22.7 Å². The fourth-order valence-corrected chi connectivity index (χ4v) is 5.15. The molecule has 0 amide bonds. The number of aryl methyl sites for hydroxylation is 1. The minimum absolute atomic E-state index is 0.343. The molecule has 1 aliphatic rings. The van der Waals surface area contributed by atoms with Crippen LogP contribution in [0.3, 0.4) is 0 Å². The van der Waals surface area contributed by atoms with Crippen LogP contribution in [-0.2, 0) is 12.8 Å². The molecule has 2 heterocycles. The van der Waals surface area contributed by atoms with Crippen LogP contribution in [0, 0.1) is 5.41 Å². The number of hydrogen-bond acceptors (Lipinski definition) is 4. The lowest BCUT2D eigenvalue weighted by atomic mass is 9.76. The predicted octanol–water partition coefficient (Wildman–Crippen LogP) is 4.67. The van der Waals surface area contributed by atoms with E-state index in [-0.39, 0.29) is 0 Å². The molecule has 108 valence electrons. The number of fused-ring (bicyclic) bond motifs is 1. The highest BCUT2D eigenvalue weighted by Crippen LogP contribution is 2.45. The molecule has 1 N–H and O–H groups in total. The molecular formula is C16H22N2S2. The van der Waals surface area contributed by atoms with Crippen molar-refractivity contribution in [3.63, 3.8) is 0 Å². The first kappa shape index (κ1) is 14.2. The van der Waals surface area contributed by atoms with Crippen LogP contribution in [0.15, 0.2) is 12.1 Å². The van der Waals surface area contributed by atoms with Gasteiger partial charge in [-0.2, -0.15) is 0 Å². The summed E-state index contributed by atoms with van der Waals surface area (Å²) in [5, 5.41) is 4.68. The number of rotatable bonds is 3. The highest BCUT2D eigenvalue weighted by atomic mass is 32.1. The Morgan fingerprint density at radius 1 is 1.35 bits per heavy atom. The van der Waals surface area contributed by atoms with Gasteiger partial charge >= 0.3 is 0 Å². The Morgan fingerprint density at radius 2 is 2.15 bits per heavy atom. The van der Waals surface area contributed by atoms with E-state index in [0.717, 1.165) is 12.8 Å². The molecule has 1 unspecified atom stereocenters. The van der Waals surface area contributed by atoms with Crippen molar-refractivity contribution in [3.8, 4) is 9.88 Å². The summed E-state index contributed by atoms with van der Waals surface area (Å²) in [4.78, 5) is 9.17. The van der Waals surface area contributed by atoms with E-state index < -0.39 is 0 Å². The van der Waals surface area contributed by atoms with Gasteiger partial charge < -0.3 is 5.32 Å². The molecule has 2 aromatic rings. The average molecular weight is 307 g/mol. The summed E-state index contributed by atoms with van der Waals surface area (Å²) in [6.45, 7) is 6.90. The molecule has 20 heavy (non-hydrogen) atoms. The predicted molar refractivity (Wildman–Crippen MR) is 88.7 cm³/mol. The summed E-state index contributed by atoms with van der Waals surface area (Å²) in [6, 6.07) is 4.93. The zero-order valence-electron chi connectivity index (χ0n) is 12.6. The van der Waals surface area contributed by atoms with Gasteiger partial charge in [-0.05, 0) is 43.9 Å². The highest BCUT2D eigenvalue weighted by Gasteiger charge is 2.34. The fraction of sp³-hybridized carbons (Fsp3) is 0.562. The largest absolute Gasteiger partial charge is 0.312 e. The van der Waals surface area contributed by atoms with Crippen molar-refractivity contribution in [2.24, 2.45) is 5.41 Å². The highest BCUT2D eigenvalue weighted by molar-refractivity contribution is 7.21. The van der Waals surface area contributed by atoms with Crippen LogP contribution in [0.4, 0.5) is 0 Å². The maximum atomic E-state index is 4.95. The minimum atomic E-state index is 0.343. The van der Waals surface area contributed by atoms with Gasteiger partial charge in [0.15, 0.2) is 0 Å². The number of hydrogen-bond donors (Lipinski definition) is 1. The first-order valence-electron chi connectivity index (χ1n) is 7.28. The lowest BCUT2D eigenvalue weighted by molar-refractivity contribution is 0.265. The number of nitrogens with one attached hydrogen (secondary N) is 1. The second-order valence-electron chi connectivity index (χ2n) is 6.34. The van der Waals surface area contributed by atoms with Crippen LogP contribution in [0.5, 0.6) is 0 Å². The SMILES string of the molecule is CCc1ccc(-c2nc3c(s2)C(NC)CC(C)(C)C3)s1. The summed E-state index contributed by atoms with van der Waals surface area (Å²) in [7, 11) is 2.07. The van der Waals surface area contributed by atoms with Crippen LogP contribution in [0.1, 0.15) is 48.7 Å². The molecule has 0 radical (unpaired) electrons. The van der Waals surface area contributed by atoms with E-state index in [1.54, 1.807) is 0 Å². The number of nitrogens with zero attached hydrogens (tertiary/aromatic N) is 1. The minimum Gasteiger partial charge on any atom is -0.312 e. The molecule has 2 aromatic heterocycles. The number of thiazole rings is 1. The van der Waals surface area contributed by atoms with Gasteiger partial charge in [-0.1, -0.05) is 20.8 Å². The van der Waals surface area contributed by atoms with Gasteiger partial charge in [0.2, 0.25) is 0 Å². The van der Waals surface area contributed by atoms with E-state index in [9.17, 15) is 0 Å². The average Bonchev–Trinajstić information content (AvgIpc) is 3.01. The Morgan fingerprint density at radius 3 is 2.80 bits per heavy atom. The van der Waals surface area contributed by atoms with Gasteiger partial charge in [-0.3, -0.25) is 0 Å². The maximum absolute atomic E-state index is 4.95. The topological polar surface area (TPSA) is 24.9 Å². The van der Waals surface area contributed by atoms with E-state index in [2.05, 4.69) is 45.3 Å². The molecule has 3 rings (SSSR count). The van der Waals surface area contributed by atoms with Gasteiger partial charge in [0.05, 0.1) is 10.6 Å². The molecule has 4 heteroatoms. The van der Waals surface area contributed by atoms with Gasteiger partial charge in [0.1, 0.15) is 5.01 Å². The Labute approximate surface area is 129 Å². The van der Waals surface area contributed by atoms with Crippen molar-refractivity contribution in [2.45, 2.75) is 46.1 Å². The summed E-state index contributed by atoms with van der Waals surface area (Å²) >= 11 is 3.77. The molecule has 0 aromatic carbocycles. The second-order valence-corrected chi connectivity index (χ2v) is 8.53. The molecule has 2 nitrogen and oxygen atoms in total. The van der Waals surface area contributed by atoms with E-state index in [1.807, 2.05) is 22.7 Å². The number of thiophene rings is 1. The Hall–Kier alpha value is -0.710. The summed E-state index contributed by atoms with van der Waals surface area (Å²) in [5.74, 6) is 0. The molecular weight excluding hydrogens is 284 g/mol. The summed E-state index contributed by atoms with van der Waals surface area (Å²) in [5.41, 5.74) is 1.66. The van der Waals surface area contributed by atoms with Crippen molar-refractivity contribution in [2.75, 3.05) is 7.05 Å². The Kier molecular flexibility index (Phi) is 3.73. The third-order valence-electron chi connectivity index (χ3n) is 4.02. The third kappa shape index (κ3) is 2.57. The smallest absolute Gasteiger partial charge is 0.133 e. The fourth-order valence-electron chi connectivity index (χ4n) is 2.95. The van der Waals surface area contributed by atoms with E-state index in [4.69, 9.17) is 4.98 Å². The van der Waals surface area contributed by atoms with Crippen molar-refractivity contribution in [1.29, 1.82) is 0 Å². The lowest BCUT2D eigenvalue weighted by Gasteiger charge is -2.34. The quantitative estimate of drug-likeness (QED) is 0.891. The molecule has 0 spiro atoms. The Bertz CT molecular complexity index is 610. The monoisotopic (exact) mass is 306 g/mol. The van der Waals surface area contributed by atoms with Crippen LogP contribution >= 0.6 is 22.7 Å². The zero-order valence-corrected chi connectivity index (χ0v) is 14.3. The first-order valence-corrected chi connectivity index (χ1v) is 8.91. The van der Waals surface area contributed by atoms with Crippen molar-refractivity contribution in [3.05, 3.63) is 27.6 Å².